The van der Waals surface area contributed by atoms with Gasteiger partial charge in [-0.05, 0) is 56.2 Å². The molecule has 0 aromatic rings. The average molecular weight is 226 g/mol. The molecule has 2 N–H and O–H groups in total. The van der Waals surface area contributed by atoms with Crippen LogP contribution in [0.5, 0.6) is 0 Å². The van der Waals surface area contributed by atoms with E-state index in [1.54, 1.807) is 0 Å². The normalized spacial score (nSPS) is 36.0. The summed E-state index contributed by atoms with van der Waals surface area (Å²) in [7, 11) is 0. The Morgan fingerprint density at radius 2 is 1.47 bits per heavy atom. The fraction of sp³-hybridized carbons (Fsp3) is 0.917. The van der Waals surface area contributed by atoms with Gasteiger partial charge in [0.2, 0.25) is 0 Å². The van der Waals surface area contributed by atoms with Crippen molar-refractivity contribution in [2.75, 3.05) is 0 Å². The third-order valence-corrected chi connectivity index (χ3v) is 3.66. The highest BCUT2D eigenvalue weighted by molar-refractivity contribution is 7.80. The molecule has 86 valence electrons. The van der Waals surface area contributed by atoms with E-state index in [2.05, 4.69) is 24.5 Å². The van der Waals surface area contributed by atoms with Gasteiger partial charge < -0.3 is 10.6 Å². The topological polar surface area (TPSA) is 24.1 Å². The first-order valence-electron chi connectivity index (χ1n) is 6.20. The second-order valence-corrected chi connectivity index (χ2v) is 5.91. The first-order chi connectivity index (χ1) is 7.13. The summed E-state index contributed by atoms with van der Waals surface area (Å²) in [5, 5.41) is 7.70. The minimum Gasteiger partial charge on any atom is -0.360 e. The molecule has 0 saturated heterocycles. The SMILES string of the molecule is CC1CC(C)CC(NC(=S)NC2CC2)C1. The van der Waals surface area contributed by atoms with E-state index in [-0.39, 0.29) is 0 Å². The predicted molar refractivity (Wildman–Crippen MR) is 67.9 cm³/mol. The van der Waals surface area contributed by atoms with Crippen LogP contribution in [0.25, 0.3) is 0 Å². The highest BCUT2D eigenvalue weighted by Gasteiger charge is 2.26. The van der Waals surface area contributed by atoms with Crippen molar-refractivity contribution in [1.29, 1.82) is 0 Å². The second kappa shape index (κ2) is 4.69. The molecule has 0 aromatic carbocycles. The average Bonchev–Trinajstić information content (AvgIpc) is 2.85. The minimum atomic E-state index is 0.600. The number of hydrogen-bond donors (Lipinski definition) is 2. The Labute approximate surface area is 98.2 Å². The van der Waals surface area contributed by atoms with Gasteiger partial charge in [0, 0.05) is 12.1 Å². The zero-order valence-corrected chi connectivity index (χ0v) is 10.6. The van der Waals surface area contributed by atoms with E-state index in [1.165, 1.54) is 32.1 Å². The van der Waals surface area contributed by atoms with Gasteiger partial charge in [0.15, 0.2) is 5.11 Å². The summed E-state index contributed by atoms with van der Waals surface area (Å²) in [6, 6.07) is 1.27. The lowest BCUT2D eigenvalue weighted by Crippen LogP contribution is -2.45. The van der Waals surface area contributed by atoms with Crippen molar-refractivity contribution in [3.8, 4) is 0 Å². The number of nitrogens with one attached hydrogen (secondary N) is 2. The van der Waals surface area contributed by atoms with Crippen molar-refractivity contribution >= 4 is 17.3 Å². The predicted octanol–water partition coefficient (Wildman–Crippen LogP) is 2.44. The molecule has 0 radical (unpaired) electrons. The maximum absolute atomic E-state index is 5.31. The lowest BCUT2D eigenvalue weighted by atomic mass is 9.80. The quantitative estimate of drug-likeness (QED) is 0.707. The van der Waals surface area contributed by atoms with Gasteiger partial charge in [0.1, 0.15) is 0 Å². The van der Waals surface area contributed by atoms with E-state index in [0.29, 0.717) is 12.1 Å². The molecule has 0 aliphatic heterocycles. The zero-order chi connectivity index (χ0) is 10.8. The zero-order valence-electron chi connectivity index (χ0n) is 9.75. The van der Waals surface area contributed by atoms with Gasteiger partial charge >= 0.3 is 0 Å². The molecule has 2 rings (SSSR count). The van der Waals surface area contributed by atoms with E-state index >= 15 is 0 Å². The third-order valence-electron chi connectivity index (χ3n) is 3.43. The molecule has 0 spiro atoms. The molecule has 0 amide bonds. The molecule has 2 fully saturated rings. The van der Waals surface area contributed by atoms with E-state index in [0.717, 1.165) is 16.9 Å². The van der Waals surface area contributed by atoms with Crippen molar-refractivity contribution in [2.45, 2.75) is 58.0 Å². The van der Waals surface area contributed by atoms with Crippen molar-refractivity contribution < 1.29 is 0 Å². The summed E-state index contributed by atoms with van der Waals surface area (Å²) >= 11 is 5.31. The van der Waals surface area contributed by atoms with E-state index in [1.807, 2.05) is 0 Å². The van der Waals surface area contributed by atoms with Crippen molar-refractivity contribution in [3.63, 3.8) is 0 Å². The summed E-state index contributed by atoms with van der Waals surface area (Å²) in [6.45, 7) is 4.70. The smallest absolute Gasteiger partial charge is 0.166 e. The molecule has 3 heteroatoms. The summed E-state index contributed by atoms with van der Waals surface area (Å²) in [4.78, 5) is 0. The Hall–Kier alpha value is -0.310. The van der Waals surface area contributed by atoms with Crippen molar-refractivity contribution in [2.24, 2.45) is 11.8 Å². The molecule has 0 bridgehead atoms. The van der Waals surface area contributed by atoms with Crippen LogP contribution in [0.4, 0.5) is 0 Å². The van der Waals surface area contributed by atoms with Gasteiger partial charge in [-0.3, -0.25) is 0 Å². The van der Waals surface area contributed by atoms with Crippen LogP contribution in [-0.4, -0.2) is 17.2 Å². The van der Waals surface area contributed by atoms with Crippen LogP contribution in [0.2, 0.25) is 0 Å². The molecular formula is C12H22N2S. The van der Waals surface area contributed by atoms with E-state index < -0.39 is 0 Å². The molecule has 2 saturated carbocycles. The van der Waals surface area contributed by atoms with Gasteiger partial charge in [0.05, 0.1) is 0 Å². The van der Waals surface area contributed by atoms with Crippen LogP contribution in [-0.2, 0) is 0 Å². The number of hydrogen-bond acceptors (Lipinski definition) is 1. The Morgan fingerprint density at radius 3 is 2.00 bits per heavy atom. The molecule has 0 aromatic heterocycles. The van der Waals surface area contributed by atoms with E-state index in [9.17, 15) is 0 Å². The van der Waals surface area contributed by atoms with Crippen LogP contribution in [0.3, 0.4) is 0 Å². The summed E-state index contributed by atoms with van der Waals surface area (Å²) in [5.74, 6) is 1.69. The molecule has 2 nitrogen and oxygen atoms in total. The minimum absolute atomic E-state index is 0.600. The second-order valence-electron chi connectivity index (χ2n) is 5.51. The molecule has 2 unspecified atom stereocenters. The lowest BCUT2D eigenvalue weighted by Gasteiger charge is -2.32. The van der Waals surface area contributed by atoms with Gasteiger partial charge in [0.25, 0.3) is 0 Å². The van der Waals surface area contributed by atoms with Gasteiger partial charge in [-0.25, -0.2) is 0 Å². The van der Waals surface area contributed by atoms with Gasteiger partial charge in [-0.1, -0.05) is 13.8 Å². The van der Waals surface area contributed by atoms with Crippen molar-refractivity contribution in [1.82, 2.24) is 10.6 Å². The summed E-state index contributed by atoms with van der Waals surface area (Å²) in [5.41, 5.74) is 0. The number of thiocarbonyl (C=S) groups is 1. The molecular weight excluding hydrogens is 204 g/mol. The Kier molecular flexibility index (Phi) is 3.49. The van der Waals surface area contributed by atoms with Crippen LogP contribution in [0, 0.1) is 11.8 Å². The third kappa shape index (κ3) is 3.63. The standard InChI is InChI=1S/C12H22N2S/c1-8-5-9(2)7-11(6-8)14-12(15)13-10-3-4-10/h8-11H,3-7H2,1-2H3,(H2,13,14,15). The van der Waals surface area contributed by atoms with Gasteiger partial charge in [-0.15, -0.1) is 0 Å². The number of rotatable bonds is 2. The Balaban J connectivity index is 1.74. The maximum atomic E-state index is 5.31. The Morgan fingerprint density at radius 1 is 0.933 bits per heavy atom. The fourth-order valence-electron chi connectivity index (χ4n) is 2.70. The molecule has 0 heterocycles. The maximum Gasteiger partial charge on any atom is 0.166 e. The summed E-state index contributed by atoms with van der Waals surface area (Å²) < 4.78 is 0. The largest absolute Gasteiger partial charge is 0.360 e. The van der Waals surface area contributed by atoms with Crippen LogP contribution in [0.15, 0.2) is 0 Å². The van der Waals surface area contributed by atoms with Crippen LogP contribution < -0.4 is 10.6 Å². The Bertz CT molecular complexity index is 228. The van der Waals surface area contributed by atoms with Crippen LogP contribution in [0.1, 0.15) is 46.0 Å². The first-order valence-corrected chi connectivity index (χ1v) is 6.61. The first kappa shape index (κ1) is 11.2. The monoisotopic (exact) mass is 226 g/mol. The fourth-order valence-corrected chi connectivity index (χ4v) is 3.04. The lowest BCUT2D eigenvalue weighted by molar-refractivity contribution is 0.255. The highest BCUT2D eigenvalue weighted by Crippen LogP contribution is 2.28. The highest BCUT2D eigenvalue weighted by atomic mass is 32.1. The van der Waals surface area contributed by atoms with E-state index in [4.69, 9.17) is 12.2 Å². The van der Waals surface area contributed by atoms with Gasteiger partial charge in [-0.2, -0.15) is 0 Å². The molecule has 2 atom stereocenters. The van der Waals surface area contributed by atoms with Crippen molar-refractivity contribution in [3.05, 3.63) is 0 Å². The molecule has 2 aliphatic rings. The summed E-state index contributed by atoms with van der Waals surface area (Å²) in [6.07, 6.45) is 6.51. The molecule has 15 heavy (non-hydrogen) atoms. The van der Waals surface area contributed by atoms with Crippen LogP contribution >= 0.6 is 12.2 Å². The molecule has 2 aliphatic carbocycles.